The van der Waals surface area contributed by atoms with Gasteiger partial charge in [0.25, 0.3) is 0 Å². The minimum absolute atomic E-state index is 0.110. The van der Waals surface area contributed by atoms with Crippen molar-refractivity contribution < 1.29 is 23.9 Å². The van der Waals surface area contributed by atoms with E-state index in [1.54, 1.807) is 61.5 Å². The van der Waals surface area contributed by atoms with Gasteiger partial charge in [0, 0.05) is 30.5 Å². The van der Waals surface area contributed by atoms with E-state index in [1.807, 2.05) is 0 Å². The van der Waals surface area contributed by atoms with E-state index in [-0.39, 0.29) is 24.8 Å². The SMILES string of the molecule is CCOC(=O)c1cnn2ccc(NC(=O)C3CC(=O)N(c4ccc(OC)cc4)C3)cc12. The molecular formula is C22H22N4O5. The van der Waals surface area contributed by atoms with Gasteiger partial charge < -0.3 is 19.7 Å². The number of rotatable bonds is 6. The Bertz CT molecular complexity index is 1140. The van der Waals surface area contributed by atoms with Gasteiger partial charge in [-0.25, -0.2) is 9.31 Å². The Morgan fingerprint density at radius 1 is 1.23 bits per heavy atom. The highest BCUT2D eigenvalue weighted by Crippen LogP contribution is 2.28. The number of amides is 2. The van der Waals surface area contributed by atoms with Crippen LogP contribution in [-0.4, -0.2) is 47.7 Å². The highest BCUT2D eigenvalue weighted by molar-refractivity contribution is 6.04. The van der Waals surface area contributed by atoms with Crippen LogP contribution in [0.15, 0.2) is 48.8 Å². The van der Waals surface area contributed by atoms with Crippen molar-refractivity contribution in [1.29, 1.82) is 0 Å². The predicted molar refractivity (Wildman–Crippen MR) is 113 cm³/mol. The number of fused-ring (bicyclic) bond motifs is 1. The molecule has 1 unspecified atom stereocenters. The molecule has 9 heteroatoms. The summed E-state index contributed by atoms with van der Waals surface area (Å²) in [4.78, 5) is 39.0. The number of pyridine rings is 1. The molecule has 1 saturated heterocycles. The van der Waals surface area contributed by atoms with Crippen molar-refractivity contribution in [3.8, 4) is 5.75 Å². The number of anilines is 2. The molecule has 1 aromatic carbocycles. The first kappa shape index (κ1) is 20.4. The Hall–Kier alpha value is -3.88. The molecule has 0 spiro atoms. The zero-order valence-electron chi connectivity index (χ0n) is 17.2. The van der Waals surface area contributed by atoms with E-state index in [1.165, 1.54) is 10.7 Å². The minimum atomic E-state index is -0.486. The summed E-state index contributed by atoms with van der Waals surface area (Å²) in [5, 5.41) is 6.97. The molecule has 1 fully saturated rings. The highest BCUT2D eigenvalue weighted by atomic mass is 16.5. The summed E-state index contributed by atoms with van der Waals surface area (Å²) in [6, 6.07) is 10.5. The molecule has 1 atom stereocenters. The van der Waals surface area contributed by atoms with Crippen LogP contribution in [0, 0.1) is 5.92 Å². The number of aromatic nitrogens is 2. The third-order valence-electron chi connectivity index (χ3n) is 5.16. The van der Waals surface area contributed by atoms with Crippen molar-refractivity contribution in [1.82, 2.24) is 9.61 Å². The Balaban J connectivity index is 1.48. The molecule has 0 saturated carbocycles. The molecule has 2 aromatic heterocycles. The second-order valence-corrected chi connectivity index (χ2v) is 7.12. The molecule has 1 aliphatic heterocycles. The summed E-state index contributed by atoms with van der Waals surface area (Å²) in [6.45, 7) is 2.28. The maximum atomic E-state index is 12.8. The molecule has 0 bridgehead atoms. The van der Waals surface area contributed by atoms with Gasteiger partial charge >= 0.3 is 5.97 Å². The lowest BCUT2D eigenvalue weighted by molar-refractivity contribution is -0.122. The van der Waals surface area contributed by atoms with Crippen molar-refractivity contribution in [2.75, 3.05) is 30.5 Å². The summed E-state index contributed by atoms with van der Waals surface area (Å²) in [6.07, 6.45) is 3.21. The molecule has 0 aliphatic carbocycles. The second-order valence-electron chi connectivity index (χ2n) is 7.12. The molecule has 4 rings (SSSR count). The van der Waals surface area contributed by atoms with E-state index in [2.05, 4.69) is 10.4 Å². The molecule has 31 heavy (non-hydrogen) atoms. The van der Waals surface area contributed by atoms with E-state index >= 15 is 0 Å². The Labute approximate surface area is 178 Å². The minimum Gasteiger partial charge on any atom is -0.497 e. The largest absolute Gasteiger partial charge is 0.497 e. The number of methoxy groups -OCH3 is 1. The van der Waals surface area contributed by atoms with E-state index in [4.69, 9.17) is 9.47 Å². The third-order valence-corrected chi connectivity index (χ3v) is 5.16. The Morgan fingerprint density at radius 2 is 2.00 bits per heavy atom. The fraction of sp³-hybridized carbons (Fsp3) is 0.273. The lowest BCUT2D eigenvalue weighted by Crippen LogP contribution is -2.28. The Kier molecular flexibility index (Phi) is 5.57. The molecule has 3 heterocycles. The summed E-state index contributed by atoms with van der Waals surface area (Å²) in [5.74, 6) is -0.632. The molecule has 0 radical (unpaired) electrons. The number of carbonyl (C=O) groups is 3. The van der Waals surface area contributed by atoms with Gasteiger partial charge in [-0.15, -0.1) is 0 Å². The average Bonchev–Trinajstić information content (AvgIpc) is 3.37. The fourth-order valence-electron chi connectivity index (χ4n) is 3.56. The quantitative estimate of drug-likeness (QED) is 0.613. The van der Waals surface area contributed by atoms with Crippen LogP contribution < -0.4 is 15.0 Å². The zero-order chi connectivity index (χ0) is 22.0. The van der Waals surface area contributed by atoms with Gasteiger partial charge in [-0.1, -0.05) is 0 Å². The maximum absolute atomic E-state index is 12.8. The van der Waals surface area contributed by atoms with Crippen LogP contribution in [0.1, 0.15) is 23.7 Å². The number of carbonyl (C=O) groups excluding carboxylic acids is 3. The molecule has 2 amide bonds. The first-order valence-electron chi connectivity index (χ1n) is 9.90. The van der Waals surface area contributed by atoms with E-state index < -0.39 is 11.9 Å². The first-order valence-corrected chi connectivity index (χ1v) is 9.90. The van der Waals surface area contributed by atoms with Gasteiger partial charge in [-0.05, 0) is 43.3 Å². The van der Waals surface area contributed by atoms with Gasteiger partial charge in [0.15, 0.2) is 0 Å². The lowest BCUT2D eigenvalue weighted by Gasteiger charge is -2.17. The summed E-state index contributed by atoms with van der Waals surface area (Å²) in [5.41, 5.74) is 2.08. The number of hydrogen-bond acceptors (Lipinski definition) is 6. The number of nitrogens with zero attached hydrogens (tertiary/aromatic N) is 3. The number of hydrogen-bond donors (Lipinski definition) is 1. The molecule has 160 valence electrons. The van der Waals surface area contributed by atoms with Crippen molar-refractivity contribution in [2.24, 2.45) is 5.92 Å². The second kappa shape index (κ2) is 8.47. The van der Waals surface area contributed by atoms with Crippen LogP contribution in [0.2, 0.25) is 0 Å². The van der Waals surface area contributed by atoms with Gasteiger partial charge in [-0.3, -0.25) is 9.59 Å². The first-order chi connectivity index (χ1) is 15.0. The van der Waals surface area contributed by atoms with Gasteiger partial charge in [0.1, 0.15) is 11.3 Å². The normalized spacial score (nSPS) is 15.9. The topological polar surface area (TPSA) is 102 Å². The van der Waals surface area contributed by atoms with Gasteiger partial charge in [0.05, 0.1) is 31.3 Å². The molecular weight excluding hydrogens is 400 g/mol. The van der Waals surface area contributed by atoms with E-state index in [9.17, 15) is 14.4 Å². The van der Waals surface area contributed by atoms with E-state index in [0.29, 0.717) is 29.1 Å². The van der Waals surface area contributed by atoms with Crippen LogP contribution in [0.25, 0.3) is 5.52 Å². The predicted octanol–water partition coefficient (Wildman–Crippen LogP) is 2.51. The van der Waals surface area contributed by atoms with Crippen molar-refractivity contribution in [3.63, 3.8) is 0 Å². The third kappa shape index (κ3) is 4.07. The van der Waals surface area contributed by atoms with Gasteiger partial charge in [-0.2, -0.15) is 5.10 Å². The van der Waals surface area contributed by atoms with Crippen LogP contribution >= 0.6 is 0 Å². The zero-order valence-corrected chi connectivity index (χ0v) is 17.2. The fourth-order valence-corrected chi connectivity index (χ4v) is 3.56. The number of ether oxygens (including phenoxy) is 2. The summed E-state index contributed by atoms with van der Waals surface area (Å²) >= 11 is 0. The van der Waals surface area contributed by atoms with Crippen LogP contribution in [0.5, 0.6) is 5.75 Å². The number of esters is 1. The molecule has 3 aromatic rings. The molecule has 9 nitrogen and oxygen atoms in total. The number of benzene rings is 1. The molecule has 1 N–H and O–H groups in total. The van der Waals surface area contributed by atoms with Crippen molar-refractivity contribution in [3.05, 3.63) is 54.4 Å². The average molecular weight is 422 g/mol. The Morgan fingerprint density at radius 3 is 2.71 bits per heavy atom. The monoisotopic (exact) mass is 422 g/mol. The van der Waals surface area contributed by atoms with Gasteiger partial charge in [0.2, 0.25) is 11.8 Å². The van der Waals surface area contributed by atoms with Crippen LogP contribution in [0.3, 0.4) is 0 Å². The smallest absolute Gasteiger partial charge is 0.341 e. The highest BCUT2D eigenvalue weighted by Gasteiger charge is 2.35. The lowest BCUT2D eigenvalue weighted by atomic mass is 10.1. The molecule has 1 aliphatic rings. The maximum Gasteiger partial charge on any atom is 0.341 e. The standard InChI is InChI=1S/C22H22N4O5/c1-3-31-22(29)18-12-23-26-9-8-15(11-19(18)26)24-21(28)14-10-20(27)25(13-14)16-4-6-17(30-2)7-5-16/h4-9,11-12,14H,3,10,13H2,1-2H3,(H,24,28). The number of nitrogens with one attached hydrogen (secondary N) is 1. The van der Waals surface area contributed by atoms with Crippen molar-refractivity contribution >= 4 is 34.7 Å². The van der Waals surface area contributed by atoms with Crippen molar-refractivity contribution in [2.45, 2.75) is 13.3 Å². The van der Waals surface area contributed by atoms with Crippen LogP contribution in [0.4, 0.5) is 11.4 Å². The summed E-state index contributed by atoms with van der Waals surface area (Å²) < 4.78 is 11.7. The summed E-state index contributed by atoms with van der Waals surface area (Å²) in [7, 11) is 1.58. The van der Waals surface area contributed by atoms with Crippen LogP contribution in [-0.2, 0) is 14.3 Å². The van der Waals surface area contributed by atoms with E-state index in [0.717, 1.165) is 5.69 Å².